The Hall–Kier alpha value is -3.13. The van der Waals surface area contributed by atoms with Crippen LogP contribution >= 0.6 is 0 Å². The van der Waals surface area contributed by atoms with Crippen LogP contribution in [0.1, 0.15) is 5.76 Å². The fourth-order valence-electron chi connectivity index (χ4n) is 3.00. The quantitative estimate of drug-likeness (QED) is 0.714. The maximum atomic E-state index is 5.04. The maximum absolute atomic E-state index is 5.04. The van der Waals surface area contributed by atoms with E-state index in [4.69, 9.17) is 4.52 Å². The van der Waals surface area contributed by atoms with Crippen LogP contribution in [0.15, 0.2) is 47.1 Å². The number of benzene rings is 1. The molecule has 0 aliphatic carbocycles. The summed E-state index contributed by atoms with van der Waals surface area (Å²) in [6.45, 7) is 6.16. The first kappa shape index (κ1) is 17.3. The van der Waals surface area contributed by atoms with Gasteiger partial charge in [-0.2, -0.15) is 4.98 Å². The lowest BCUT2D eigenvalue weighted by Crippen LogP contribution is -2.44. The van der Waals surface area contributed by atoms with Crippen molar-refractivity contribution >= 4 is 29.0 Å². The maximum Gasteiger partial charge on any atom is 0.230 e. The summed E-state index contributed by atoms with van der Waals surface area (Å²) < 4.78 is 5.04. The highest BCUT2D eigenvalue weighted by Crippen LogP contribution is 2.22. The normalized spacial score (nSPS) is 15.0. The van der Waals surface area contributed by atoms with Crippen LogP contribution < -0.4 is 15.5 Å². The van der Waals surface area contributed by atoms with Crippen LogP contribution in [0.4, 0.5) is 29.0 Å². The average molecular weight is 365 g/mol. The van der Waals surface area contributed by atoms with Gasteiger partial charge in [-0.05, 0) is 44.3 Å². The van der Waals surface area contributed by atoms with Gasteiger partial charge in [0.25, 0.3) is 0 Å². The summed E-state index contributed by atoms with van der Waals surface area (Å²) in [5.41, 5.74) is 2.23. The third kappa shape index (κ3) is 4.35. The van der Waals surface area contributed by atoms with Crippen LogP contribution in [-0.2, 0) is 0 Å². The van der Waals surface area contributed by atoms with Crippen molar-refractivity contribution < 1.29 is 4.52 Å². The molecule has 1 saturated heterocycles. The second-order valence-electron chi connectivity index (χ2n) is 6.68. The van der Waals surface area contributed by atoms with E-state index in [1.165, 1.54) is 5.69 Å². The highest BCUT2D eigenvalue weighted by atomic mass is 16.5. The molecule has 1 aromatic carbocycles. The second-order valence-corrected chi connectivity index (χ2v) is 6.68. The van der Waals surface area contributed by atoms with Gasteiger partial charge in [0, 0.05) is 49.8 Å². The Morgan fingerprint density at radius 2 is 1.74 bits per heavy atom. The first-order valence-electron chi connectivity index (χ1n) is 9.00. The van der Waals surface area contributed by atoms with Gasteiger partial charge in [0.1, 0.15) is 11.6 Å². The highest BCUT2D eigenvalue weighted by molar-refractivity contribution is 5.62. The lowest BCUT2D eigenvalue weighted by atomic mass is 10.2. The summed E-state index contributed by atoms with van der Waals surface area (Å²) in [6, 6.07) is 12.1. The predicted molar refractivity (Wildman–Crippen MR) is 106 cm³/mol. The Morgan fingerprint density at radius 3 is 2.44 bits per heavy atom. The molecule has 3 heterocycles. The zero-order valence-corrected chi connectivity index (χ0v) is 15.5. The molecule has 0 amide bonds. The average Bonchev–Trinajstić information content (AvgIpc) is 3.08. The Kier molecular flexibility index (Phi) is 4.88. The molecular formula is C19H23N7O. The minimum atomic E-state index is 0.461. The van der Waals surface area contributed by atoms with Gasteiger partial charge in [0.05, 0.1) is 0 Å². The van der Waals surface area contributed by atoms with Crippen molar-refractivity contribution in [3.8, 4) is 0 Å². The zero-order valence-electron chi connectivity index (χ0n) is 15.5. The monoisotopic (exact) mass is 365 g/mol. The molecule has 8 nitrogen and oxygen atoms in total. The van der Waals surface area contributed by atoms with E-state index >= 15 is 0 Å². The Bertz CT molecular complexity index is 885. The first-order valence-corrected chi connectivity index (χ1v) is 9.00. The van der Waals surface area contributed by atoms with E-state index in [9.17, 15) is 0 Å². The Labute approximate surface area is 158 Å². The van der Waals surface area contributed by atoms with Crippen LogP contribution in [0.5, 0.6) is 0 Å². The summed E-state index contributed by atoms with van der Waals surface area (Å²) >= 11 is 0. The molecule has 140 valence electrons. The van der Waals surface area contributed by atoms with Crippen LogP contribution in [0.3, 0.4) is 0 Å². The molecule has 0 atom stereocenters. The van der Waals surface area contributed by atoms with Crippen LogP contribution in [0, 0.1) is 6.92 Å². The summed E-state index contributed by atoms with van der Waals surface area (Å²) in [4.78, 5) is 13.4. The van der Waals surface area contributed by atoms with E-state index < -0.39 is 0 Å². The number of hydrogen-bond acceptors (Lipinski definition) is 8. The van der Waals surface area contributed by atoms with Gasteiger partial charge in [-0.15, -0.1) is 0 Å². The molecule has 27 heavy (non-hydrogen) atoms. The van der Waals surface area contributed by atoms with Crippen molar-refractivity contribution in [2.45, 2.75) is 6.92 Å². The molecule has 0 unspecified atom stereocenters. The second kappa shape index (κ2) is 7.63. The van der Waals surface area contributed by atoms with Crippen molar-refractivity contribution in [2.24, 2.45) is 0 Å². The van der Waals surface area contributed by atoms with E-state index in [2.05, 4.69) is 66.9 Å². The number of nitrogens with one attached hydrogen (secondary N) is 2. The van der Waals surface area contributed by atoms with Crippen molar-refractivity contribution in [3.05, 3.63) is 48.4 Å². The number of rotatable bonds is 5. The molecule has 0 spiro atoms. The molecule has 0 bridgehead atoms. The number of piperazine rings is 1. The van der Waals surface area contributed by atoms with Gasteiger partial charge in [-0.1, -0.05) is 5.16 Å². The Morgan fingerprint density at radius 1 is 0.963 bits per heavy atom. The molecule has 1 aliphatic rings. The Balaban J connectivity index is 1.41. The minimum absolute atomic E-state index is 0.461. The molecule has 8 heteroatoms. The van der Waals surface area contributed by atoms with E-state index in [0.29, 0.717) is 17.6 Å². The zero-order chi connectivity index (χ0) is 18.6. The van der Waals surface area contributed by atoms with Gasteiger partial charge in [0.2, 0.25) is 5.95 Å². The number of aryl methyl sites for hydroxylation is 1. The van der Waals surface area contributed by atoms with Crippen molar-refractivity contribution in [3.63, 3.8) is 0 Å². The van der Waals surface area contributed by atoms with Crippen LogP contribution in [0.2, 0.25) is 0 Å². The van der Waals surface area contributed by atoms with E-state index in [1.54, 1.807) is 12.3 Å². The summed E-state index contributed by atoms with van der Waals surface area (Å²) in [7, 11) is 2.17. The summed E-state index contributed by atoms with van der Waals surface area (Å²) in [6.07, 6.45) is 1.70. The smallest absolute Gasteiger partial charge is 0.230 e. The van der Waals surface area contributed by atoms with Gasteiger partial charge in [0.15, 0.2) is 5.82 Å². The fourth-order valence-corrected chi connectivity index (χ4v) is 3.00. The molecular weight excluding hydrogens is 342 g/mol. The molecule has 0 radical (unpaired) electrons. The van der Waals surface area contributed by atoms with Crippen molar-refractivity contribution in [2.75, 3.05) is 48.8 Å². The van der Waals surface area contributed by atoms with Gasteiger partial charge < -0.3 is 25.0 Å². The third-order valence-corrected chi connectivity index (χ3v) is 4.53. The topological polar surface area (TPSA) is 82.4 Å². The number of anilines is 5. The fraction of sp³-hybridized carbons (Fsp3) is 0.316. The summed E-state index contributed by atoms with van der Waals surface area (Å²) in [5.74, 6) is 2.48. The molecule has 2 N–H and O–H groups in total. The number of likely N-dealkylation sites (N-methyl/N-ethyl adjacent to an activating group) is 1. The van der Waals surface area contributed by atoms with Crippen molar-refractivity contribution in [1.82, 2.24) is 20.0 Å². The third-order valence-electron chi connectivity index (χ3n) is 4.53. The molecule has 3 aromatic rings. The SMILES string of the molecule is Cc1cc(Nc2nccc(Nc3ccc(N4CCN(C)CC4)cc3)n2)no1. The predicted octanol–water partition coefficient (Wildman–Crippen LogP) is 3.01. The standard InChI is InChI=1S/C19H23N7O/c1-14-13-18(24-27-14)23-19-20-8-7-17(22-19)21-15-3-5-16(6-4-15)26-11-9-25(2)10-12-26/h3-8,13H,9-12H2,1-2H3,(H2,20,21,22,23,24). The molecule has 1 fully saturated rings. The number of hydrogen-bond donors (Lipinski definition) is 2. The molecule has 2 aromatic heterocycles. The van der Waals surface area contributed by atoms with Crippen LogP contribution in [0.25, 0.3) is 0 Å². The lowest BCUT2D eigenvalue weighted by Gasteiger charge is -2.34. The van der Waals surface area contributed by atoms with Crippen molar-refractivity contribution in [1.29, 1.82) is 0 Å². The highest BCUT2D eigenvalue weighted by Gasteiger charge is 2.14. The van der Waals surface area contributed by atoms with Crippen LogP contribution in [-0.4, -0.2) is 53.3 Å². The van der Waals surface area contributed by atoms with E-state index in [0.717, 1.165) is 37.6 Å². The number of nitrogens with zero attached hydrogens (tertiary/aromatic N) is 5. The van der Waals surface area contributed by atoms with Gasteiger partial charge >= 0.3 is 0 Å². The largest absolute Gasteiger partial charge is 0.369 e. The minimum Gasteiger partial charge on any atom is -0.369 e. The van der Waals surface area contributed by atoms with E-state index in [1.807, 2.05) is 13.0 Å². The van der Waals surface area contributed by atoms with E-state index in [-0.39, 0.29) is 0 Å². The number of aromatic nitrogens is 3. The lowest BCUT2D eigenvalue weighted by molar-refractivity contribution is 0.313. The molecule has 0 saturated carbocycles. The van der Waals surface area contributed by atoms with Gasteiger partial charge in [-0.3, -0.25) is 0 Å². The van der Waals surface area contributed by atoms with Gasteiger partial charge in [-0.25, -0.2) is 4.98 Å². The molecule has 1 aliphatic heterocycles. The molecule has 4 rings (SSSR count). The first-order chi connectivity index (χ1) is 13.2. The summed E-state index contributed by atoms with van der Waals surface area (Å²) in [5, 5.41) is 10.2.